The molecule has 0 bridgehead atoms. The molecule has 2 unspecified atom stereocenters. The van der Waals surface area contributed by atoms with Gasteiger partial charge in [0.1, 0.15) is 11.5 Å². The van der Waals surface area contributed by atoms with E-state index in [1.54, 1.807) is 19.2 Å². The molecular weight excluding hydrogens is 427 g/mol. The second-order valence-corrected chi connectivity index (χ2v) is 9.00. The van der Waals surface area contributed by atoms with E-state index in [2.05, 4.69) is 10.3 Å². The second-order valence-electron chi connectivity index (χ2n) is 7.52. The molecule has 2 aromatic rings. The molecule has 0 spiro atoms. The molecule has 30 heavy (non-hydrogen) atoms. The van der Waals surface area contributed by atoms with Crippen LogP contribution in [0.25, 0.3) is 0 Å². The Bertz CT molecular complexity index is 987. The van der Waals surface area contributed by atoms with Crippen LogP contribution in [0.1, 0.15) is 35.3 Å². The summed E-state index contributed by atoms with van der Waals surface area (Å²) in [5.74, 6) is 0.0808. The summed E-state index contributed by atoms with van der Waals surface area (Å²) in [6.07, 6.45) is 3.70. The second kappa shape index (κ2) is 8.53. The number of nitrogens with two attached hydrogens (primary N) is 1. The van der Waals surface area contributed by atoms with E-state index in [1.165, 1.54) is 36.2 Å². The van der Waals surface area contributed by atoms with Gasteiger partial charge in [-0.05, 0) is 49.6 Å². The van der Waals surface area contributed by atoms with Crippen molar-refractivity contribution in [2.75, 3.05) is 18.2 Å². The summed E-state index contributed by atoms with van der Waals surface area (Å²) >= 11 is 7.32. The first-order valence-electron chi connectivity index (χ1n) is 9.65. The number of hydrogen-bond acceptors (Lipinski definition) is 6. The van der Waals surface area contributed by atoms with E-state index in [1.807, 2.05) is 0 Å². The highest BCUT2D eigenvalue weighted by Crippen LogP contribution is 2.50. The van der Waals surface area contributed by atoms with Crippen LogP contribution >= 0.6 is 23.4 Å². The number of aromatic nitrogens is 1. The number of nitrogens with zero attached hydrogens (tertiary/aromatic N) is 2. The van der Waals surface area contributed by atoms with E-state index in [0.29, 0.717) is 27.9 Å². The molecule has 0 saturated heterocycles. The highest BCUT2D eigenvalue weighted by Gasteiger charge is 2.48. The number of carbonyl (C=O) groups excluding carboxylic acids is 1. The first kappa shape index (κ1) is 21.1. The van der Waals surface area contributed by atoms with Crippen molar-refractivity contribution in [3.8, 4) is 0 Å². The number of amides is 1. The van der Waals surface area contributed by atoms with Crippen molar-refractivity contribution in [1.82, 2.24) is 4.98 Å². The number of ether oxygens (including phenoxy) is 1. The fraction of sp³-hybridized carbons (Fsp3) is 0.381. The summed E-state index contributed by atoms with van der Waals surface area (Å²) in [6.45, 7) is 0. The molecule has 3 N–H and O–H groups in total. The molecule has 158 valence electrons. The molecule has 2 heterocycles. The normalized spacial score (nSPS) is 25.9. The number of carbonyl (C=O) groups is 1. The average Bonchev–Trinajstić information content (AvgIpc) is 2.75. The molecule has 0 radical (unpaired) electrons. The fourth-order valence-corrected chi connectivity index (χ4v) is 5.38. The Labute approximate surface area is 183 Å². The average molecular weight is 449 g/mol. The number of methoxy groups -OCH3 is 1. The monoisotopic (exact) mass is 448 g/mol. The first-order chi connectivity index (χ1) is 14.4. The first-order valence-corrected chi connectivity index (χ1v) is 11.0. The standard InChI is InChI=1S/C21H22ClFN4O2S/c1-29-15-6-7-21(12(8-15)11-30-20(24)27-21)16-9-14(3-4-17(16)23)26-19(28)18-5-2-13(22)10-25-18/h2-5,9-10,12,15H,6-8,11H2,1H3,(H2,24,27)(H,26,28)/t12?,15-,21?/m1/s1. The van der Waals surface area contributed by atoms with Crippen LogP contribution in [0, 0.1) is 11.7 Å². The summed E-state index contributed by atoms with van der Waals surface area (Å²) < 4.78 is 20.6. The highest BCUT2D eigenvalue weighted by molar-refractivity contribution is 8.13. The SMILES string of the molecule is CO[C@@H]1CCC2(c3cc(NC(=O)c4ccc(Cl)cn4)ccc3F)N=C(N)SCC2C1. The molecule has 1 aliphatic carbocycles. The Morgan fingerprint density at radius 2 is 2.23 bits per heavy atom. The van der Waals surface area contributed by atoms with Crippen molar-refractivity contribution in [2.24, 2.45) is 16.6 Å². The number of fused-ring (bicyclic) bond motifs is 1. The molecule has 1 aromatic carbocycles. The predicted molar refractivity (Wildman–Crippen MR) is 117 cm³/mol. The Morgan fingerprint density at radius 3 is 2.97 bits per heavy atom. The Balaban J connectivity index is 1.67. The Kier molecular flexibility index (Phi) is 5.99. The maximum atomic E-state index is 15.0. The molecule has 4 rings (SSSR count). The van der Waals surface area contributed by atoms with Gasteiger partial charge in [0.25, 0.3) is 5.91 Å². The van der Waals surface area contributed by atoms with Gasteiger partial charge in [0, 0.05) is 36.2 Å². The number of halogens is 2. The van der Waals surface area contributed by atoms with Crippen molar-refractivity contribution in [3.05, 3.63) is 58.6 Å². The van der Waals surface area contributed by atoms with Crippen LogP contribution in [0.3, 0.4) is 0 Å². The zero-order chi connectivity index (χ0) is 21.3. The van der Waals surface area contributed by atoms with E-state index in [9.17, 15) is 4.79 Å². The number of rotatable bonds is 4. The molecular formula is C21H22ClFN4O2S. The van der Waals surface area contributed by atoms with Gasteiger partial charge >= 0.3 is 0 Å². The topological polar surface area (TPSA) is 89.6 Å². The summed E-state index contributed by atoms with van der Waals surface area (Å²) in [6, 6.07) is 7.68. The third-order valence-corrected chi connectivity index (χ3v) is 6.98. The fourth-order valence-electron chi connectivity index (χ4n) is 4.25. The number of aliphatic imine (C=N–C) groups is 1. The molecule has 2 aliphatic rings. The highest BCUT2D eigenvalue weighted by atomic mass is 35.5. The smallest absolute Gasteiger partial charge is 0.274 e. The van der Waals surface area contributed by atoms with Crippen molar-refractivity contribution in [3.63, 3.8) is 0 Å². The van der Waals surface area contributed by atoms with Crippen molar-refractivity contribution in [2.45, 2.75) is 30.9 Å². The lowest BCUT2D eigenvalue weighted by molar-refractivity contribution is 0.0229. The summed E-state index contributed by atoms with van der Waals surface area (Å²) in [4.78, 5) is 21.3. The lowest BCUT2D eigenvalue weighted by Crippen LogP contribution is -2.46. The van der Waals surface area contributed by atoms with Crippen LogP contribution in [-0.2, 0) is 10.3 Å². The number of amidine groups is 1. The zero-order valence-corrected chi connectivity index (χ0v) is 18.0. The van der Waals surface area contributed by atoms with Crippen LogP contribution in [0.5, 0.6) is 0 Å². The maximum Gasteiger partial charge on any atom is 0.274 e. The maximum absolute atomic E-state index is 15.0. The van der Waals surface area contributed by atoms with Crippen LogP contribution in [0.4, 0.5) is 10.1 Å². The third kappa shape index (κ3) is 4.04. The van der Waals surface area contributed by atoms with Crippen molar-refractivity contribution in [1.29, 1.82) is 0 Å². The van der Waals surface area contributed by atoms with Crippen LogP contribution in [-0.4, -0.2) is 35.0 Å². The molecule has 1 saturated carbocycles. The van der Waals surface area contributed by atoms with Gasteiger partial charge < -0.3 is 15.8 Å². The molecule has 1 amide bonds. The van der Waals surface area contributed by atoms with Gasteiger partial charge in [0.15, 0.2) is 5.17 Å². The largest absolute Gasteiger partial charge is 0.381 e. The Morgan fingerprint density at radius 1 is 1.40 bits per heavy atom. The molecule has 3 atom stereocenters. The molecule has 9 heteroatoms. The van der Waals surface area contributed by atoms with E-state index >= 15 is 4.39 Å². The molecule has 1 fully saturated rings. The number of nitrogens with one attached hydrogen (secondary N) is 1. The van der Waals surface area contributed by atoms with Crippen molar-refractivity contribution >= 4 is 40.1 Å². The van der Waals surface area contributed by atoms with Crippen LogP contribution < -0.4 is 11.1 Å². The molecule has 1 aliphatic heterocycles. The van der Waals surface area contributed by atoms with Gasteiger partial charge in [-0.2, -0.15) is 0 Å². The van der Waals surface area contributed by atoms with Gasteiger partial charge in [-0.25, -0.2) is 9.37 Å². The minimum absolute atomic E-state index is 0.0897. The van der Waals surface area contributed by atoms with Gasteiger partial charge in [-0.3, -0.25) is 9.79 Å². The van der Waals surface area contributed by atoms with E-state index in [-0.39, 0.29) is 23.5 Å². The van der Waals surface area contributed by atoms with Gasteiger partial charge in [0.05, 0.1) is 16.7 Å². The lowest BCUT2D eigenvalue weighted by atomic mass is 9.68. The summed E-state index contributed by atoms with van der Waals surface area (Å²) in [5, 5.41) is 3.69. The number of pyridine rings is 1. The number of anilines is 1. The van der Waals surface area contributed by atoms with E-state index in [4.69, 9.17) is 27.1 Å². The number of benzene rings is 1. The molecule has 1 aromatic heterocycles. The van der Waals surface area contributed by atoms with Crippen LogP contribution in [0.2, 0.25) is 5.02 Å². The summed E-state index contributed by atoms with van der Waals surface area (Å²) in [7, 11) is 1.70. The predicted octanol–water partition coefficient (Wildman–Crippen LogP) is 4.20. The lowest BCUT2D eigenvalue weighted by Gasteiger charge is -2.46. The number of thioether (sulfide) groups is 1. The zero-order valence-electron chi connectivity index (χ0n) is 16.4. The summed E-state index contributed by atoms with van der Waals surface area (Å²) in [5.41, 5.74) is 6.45. The minimum Gasteiger partial charge on any atom is -0.381 e. The van der Waals surface area contributed by atoms with E-state index < -0.39 is 11.4 Å². The third-order valence-electron chi connectivity index (χ3n) is 5.80. The Hall–Kier alpha value is -2.16. The van der Waals surface area contributed by atoms with Gasteiger partial charge in [-0.15, -0.1) is 0 Å². The molecule has 6 nitrogen and oxygen atoms in total. The van der Waals surface area contributed by atoms with Gasteiger partial charge in [-0.1, -0.05) is 23.4 Å². The quantitative estimate of drug-likeness (QED) is 0.731. The minimum atomic E-state index is -0.756. The number of hydrogen-bond donors (Lipinski definition) is 2. The van der Waals surface area contributed by atoms with Crippen molar-refractivity contribution < 1.29 is 13.9 Å². The van der Waals surface area contributed by atoms with E-state index in [0.717, 1.165) is 18.6 Å². The van der Waals surface area contributed by atoms with Crippen LogP contribution in [0.15, 0.2) is 41.5 Å². The van der Waals surface area contributed by atoms with Gasteiger partial charge in [0.2, 0.25) is 0 Å².